The summed E-state index contributed by atoms with van der Waals surface area (Å²) in [4.78, 5) is 8.82. The summed E-state index contributed by atoms with van der Waals surface area (Å²) in [5, 5.41) is 0. The van der Waals surface area contributed by atoms with Crippen molar-refractivity contribution in [1.29, 1.82) is 0 Å². The van der Waals surface area contributed by atoms with Gasteiger partial charge >= 0.3 is 0 Å². The van der Waals surface area contributed by atoms with Crippen LogP contribution < -0.4 is 5.73 Å². The maximum absolute atomic E-state index is 6.02. The molecule has 0 unspecified atom stereocenters. The first-order chi connectivity index (χ1) is 9.24. The highest BCUT2D eigenvalue weighted by Crippen LogP contribution is 2.28. The molecule has 0 bridgehead atoms. The van der Waals surface area contributed by atoms with E-state index in [0.29, 0.717) is 5.95 Å². The molecular weight excluding hydrogens is 304 g/mol. The molecule has 19 heavy (non-hydrogen) atoms. The number of anilines is 1. The number of halogens is 1. The second-order valence-electron chi connectivity index (χ2n) is 5.41. The van der Waals surface area contributed by atoms with Crippen LogP contribution in [-0.4, -0.2) is 14.5 Å². The van der Waals surface area contributed by atoms with Crippen molar-refractivity contribution in [2.45, 2.75) is 45.1 Å². The third-order valence-electron chi connectivity index (χ3n) is 4.07. The van der Waals surface area contributed by atoms with Gasteiger partial charge in [0.1, 0.15) is 5.52 Å². The van der Waals surface area contributed by atoms with E-state index in [1.54, 1.807) is 6.20 Å². The van der Waals surface area contributed by atoms with Crippen molar-refractivity contribution in [2.75, 3.05) is 5.73 Å². The Morgan fingerprint density at radius 3 is 2.89 bits per heavy atom. The number of aryl methyl sites for hydroxylation is 1. The molecule has 1 aliphatic carbocycles. The Hall–Kier alpha value is -1.10. The molecule has 0 atom stereocenters. The van der Waals surface area contributed by atoms with Gasteiger partial charge in [-0.1, -0.05) is 32.1 Å². The monoisotopic (exact) mass is 322 g/mol. The molecule has 0 aliphatic heterocycles. The Morgan fingerprint density at radius 2 is 2.11 bits per heavy atom. The molecule has 0 radical (unpaired) electrons. The van der Waals surface area contributed by atoms with Gasteiger partial charge in [0.05, 0.1) is 0 Å². The van der Waals surface area contributed by atoms with Crippen LogP contribution in [0.25, 0.3) is 11.2 Å². The SMILES string of the molecule is Nc1nc2cc(Br)cnc2n1CCC1CCCCC1. The average molecular weight is 323 g/mol. The van der Waals surface area contributed by atoms with Gasteiger partial charge in [-0.05, 0) is 34.3 Å². The minimum absolute atomic E-state index is 0.580. The topological polar surface area (TPSA) is 56.7 Å². The van der Waals surface area contributed by atoms with Crippen LogP contribution in [-0.2, 0) is 6.54 Å². The molecule has 0 spiro atoms. The van der Waals surface area contributed by atoms with Gasteiger partial charge in [0.15, 0.2) is 5.65 Å². The Labute approximate surface area is 121 Å². The summed E-state index contributed by atoms with van der Waals surface area (Å²) in [6.45, 7) is 0.932. The second kappa shape index (κ2) is 5.49. The highest BCUT2D eigenvalue weighted by molar-refractivity contribution is 9.10. The van der Waals surface area contributed by atoms with Crippen molar-refractivity contribution in [3.8, 4) is 0 Å². The number of hydrogen-bond donors (Lipinski definition) is 1. The van der Waals surface area contributed by atoms with Crippen LogP contribution in [0.1, 0.15) is 38.5 Å². The lowest BCUT2D eigenvalue weighted by Gasteiger charge is -2.21. The van der Waals surface area contributed by atoms with Gasteiger partial charge in [0.2, 0.25) is 5.95 Å². The molecular formula is C14H19BrN4. The number of hydrogen-bond acceptors (Lipinski definition) is 3. The second-order valence-corrected chi connectivity index (χ2v) is 6.33. The molecule has 1 saturated carbocycles. The van der Waals surface area contributed by atoms with Crippen molar-refractivity contribution in [1.82, 2.24) is 14.5 Å². The zero-order valence-electron chi connectivity index (χ0n) is 11.0. The molecule has 2 aromatic rings. The number of nitrogen functional groups attached to an aromatic ring is 1. The van der Waals surface area contributed by atoms with Crippen molar-refractivity contribution >= 4 is 33.0 Å². The summed E-state index contributed by atoms with van der Waals surface area (Å²) in [6, 6.07) is 1.97. The van der Waals surface area contributed by atoms with Crippen LogP contribution in [0.5, 0.6) is 0 Å². The molecule has 0 amide bonds. The summed E-state index contributed by atoms with van der Waals surface area (Å²) < 4.78 is 2.99. The lowest BCUT2D eigenvalue weighted by atomic mass is 9.87. The van der Waals surface area contributed by atoms with E-state index >= 15 is 0 Å². The number of fused-ring (bicyclic) bond motifs is 1. The molecule has 2 heterocycles. The van der Waals surface area contributed by atoms with E-state index < -0.39 is 0 Å². The molecule has 2 N–H and O–H groups in total. The fraction of sp³-hybridized carbons (Fsp3) is 0.571. The number of pyridine rings is 1. The van der Waals surface area contributed by atoms with Crippen LogP contribution in [0.4, 0.5) is 5.95 Å². The Balaban J connectivity index is 1.78. The number of nitrogens with two attached hydrogens (primary N) is 1. The highest BCUT2D eigenvalue weighted by Gasteiger charge is 2.15. The van der Waals surface area contributed by atoms with Gasteiger partial charge in [-0.2, -0.15) is 0 Å². The number of imidazole rings is 1. The van der Waals surface area contributed by atoms with Gasteiger partial charge in [0.25, 0.3) is 0 Å². The first-order valence-corrected chi connectivity index (χ1v) is 7.80. The largest absolute Gasteiger partial charge is 0.369 e. The molecule has 3 rings (SSSR count). The molecule has 102 valence electrons. The molecule has 4 nitrogen and oxygen atoms in total. The third-order valence-corrected chi connectivity index (χ3v) is 4.50. The lowest BCUT2D eigenvalue weighted by molar-refractivity contribution is 0.326. The summed E-state index contributed by atoms with van der Waals surface area (Å²) >= 11 is 3.42. The molecule has 1 aliphatic rings. The van der Waals surface area contributed by atoms with E-state index in [1.807, 2.05) is 6.07 Å². The highest BCUT2D eigenvalue weighted by atomic mass is 79.9. The van der Waals surface area contributed by atoms with E-state index in [9.17, 15) is 0 Å². The molecule has 2 aromatic heterocycles. The normalized spacial score (nSPS) is 17.1. The predicted octanol–water partition coefficient (Wildman–Crippen LogP) is 3.75. The van der Waals surface area contributed by atoms with Gasteiger partial charge in [-0.3, -0.25) is 4.57 Å². The van der Waals surface area contributed by atoms with Crippen LogP contribution in [0, 0.1) is 5.92 Å². The maximum Gasteiger partial charge on any atom is 0.202 e. The Morgan fingerprint density at radius 1 is 1.32 bits per heavy atom. The minimum Gasteiger partial charge on any atom is -0.369 e. The first kappa shape index (κ1) is 12.9. The average Bonchev–Trinajstić information content (AvgIpc) is 2.72. The van der Waals surface area contributed by atoms with E-state index in [0.717, 1.165) is 28.1 Å². The fourth-order valence-electron chi connectivity index (χ4n) is 3.01. The number of nitrogens with zero attached hydrogens (tertiary/aromatic N) is 3. The third kappa shape index (κ3) is 2.76. The first-order valence-electron chi connectivity index (χ1n) is 7.01. The van der Waals surface area contributed by atoms with Gasteiger partial charge in [-0.25, -0.2) is 9.97 Å². The van der Waals surface area contributed by atoms with Crippen LogP contribution >= 0.6 is 15.9 Å². The smallest absolute Gasteiger partial charge is 0.202 e. The van der Waals surface area contributed by atoms with E-state index in [1.165, 1.54) is 38.5 Å². The Bertz CT molecular complexity index is 572. The summed E-state index contributed by atoms with van der Waals surface area (Å²) in [5.74, 6) is 1.43. The van der Waals surface area contributed by atoms with Crippen LogP contribution in [0.15, 0.2) is 16.7 Å². The van der Waals surface area contributed by atoms with Gasteiger partial charge in [0, 0.05) is 17.2 Å². The van der Waals surface area contributed by atoms with Gasteiger partial charge < -0.3 is 5.73 Å². The molecule has 0 aromatic carbocycles. The summed E-state index contributed by atoms with van der Waals surface area (Å²) in [5.41, 5.74) is 7.79. The minimum atomic E-state index is 0.580. The van der Waals surface area contributed by atoms with Crippen molar-refractivity contribution in [2.24, 2.45) is 5.92 Å². The zero-order chi connectivity index (χ0) is 13.2. The van der Waals surface area contributed by atoms with Gasteiger partial charge in [-0.15, -0.1) is 0 Å². The van der Waals surface area contributed by atoms with Crippen molar-refractivity contribution in [3.05, 3.63) is 16.7 Å². The van der Waals surface area contributed by atoms with E-state index in [4.69, 9.17) is 5.73 Å². The lowest BCUT2D eigenvalue weighted by Crippen LogP contribution is -2.11. The van der Waals surface area contributed by atoms with E-state index in [2.05, 4.69) is 30.5 Å². The Kier molecular flexibility index (Phi) is 3.73. The van der Waals surface area contributed by atoms with Crippen molar-refractivity contribution < 1.29 is 0 Å². The molecule has 1 fully saturated rings. The number of aromatic nitrogens is 3. The molecule has 5 heteroatoms. The van der Waals surface area contributed by atoms with Crippen molar-refractivity contribution in [3.63, 3.8) is 0 Å². The van der Waals surface area contributed by atoms with Crippen LogP contribution in [0.2, 0.25) is 0 Å². The molecule has 0 saturated heterocycles. The number of rotatable bonds is 3. The van der Waals surface area contributed by atoms with Crippen LogP contribution in [0.3, 0.4) is 0 Å². The predicted molar refractivity (Wildman–Crippen MR) is 80.8 cm³/mol. The zero-order valence-corrected chi connectivity index (χ0v) is 12.6. The summed E-state index contributed by atoms with van der Waals surface area (Å²) in [6.07, 6.45) is 9.90. The standard InChI is InChI=1S/C14H19BrN4/c15-11-8-12-13(17-9-11)19(14(16)18-12)7-6-10-4-2-1-3-5-10/h8-10H,1-7H2,(H2,16,18). The quantitative estimate of drug-likeness (QED) is 0.936. The fourth-order valence-corrected chi connectivity index (χ4v) is 3.33. The summed E-state index contributed by atoms with van der Waals surface area (Å²) in [7, 11) is 0. The van der Waals surface area contributed by atoms with E-state index in [-0.39, 0.29) is 0 Å². The maximum atomic E-state index is 6.02.